The molecule has 8 heteroatoms. The van der Waals surface area contributed by atoms with Gasteiger partial charge in [-0.25, -0.2) is 4.98 Å². The highest BCUT2D eigenvalue weighted by atomic mass is 16.5. The average molecular weight is 506 g/mol. The summed E-state index contributed by atoms with van der Waals surface area (Å²) in [4.78, 5) is 22.7. The van der Waals surface area contributed by atoms with Gasteiger partial charge in [-0.3, -0.25) is 9.69 Å². The van der Waals surface area contributed by atoms with Gasteiger partial charge in [-0.05, 0) is 61.4 Å². The summed E-state index contributed by atoms with van der Waals surface area (Å²) < 4.78 is 11.9. The number of hydrogen-bond donors (Lipinski definition) is 2. The van der Waals surface area contributed by atoms with E-state index in [2.05, 4.69) is 35.1 Å². The Balaban J connectivity index is 1.50. The van der Waals surface area contributed by atoms with Crippen LogP contribution in [0.3, 0.4) is 0 Å². The summed E-state index contributed by atoms with van der Waals surface area (Å²) in [6.45, 7) is 3.98. The fourth-order valence-electron chi connectivity index (χ4n) is 4.65. The smallest absolute Gasteiger partial charge is 0.320 e. The lowest BCUT2D eigenvalue weighted by atomic mass is 9.97. The highest BCUT2D eigenvalue weighted by Gasteiger charge is 2.29. The number of aliphatic hydroxyl groups is 1. The van der Waals surface area contributed by atoms with Crippen LogP contribution in [-0.4, -0.2) is 56.9 Å². The summed E-state index contributed by atoms with van der Waals surface area (Å²) in [7, 11) is 0. The first-order valence-electron chi connectivity index (χ1n) is 12.9. The van der Waals surface area contributed by atoms with Crippen LogP contribution in [0.1, 0.15) is 48.8 Å². The van der Waals surface area contributed by atoms with Gasteiger partial charge in [0, 0.05) is 24.9 Å². The number of aromatic nitrogens is 2. The number of aliphatic carboxylic acids is 1. The first-order valence-corrected chi connectivity index (χ1v) is 12.9. The molecule has 2 aromatic carbocycles. The number of aliphatic hydroxyl groups excluding tert-OH is 1. The summed E-state index contributed by atoms with van der Waals surface area (Å²) in [6, 6.07) is 16.1. The molecule has 0 bridgehead atoms. The third kappa shape index (κ3) is 7.05. The summed E-state index contributed by atoms with van der Waals surface area (Å²) in [6.07, 6.45) is 5.49. The first-order chi connectivity index (χ1) is 18.1. The molecule has 1 aromatic heterocycles. The molecule has 1 fully saturated rings. The van der Waals surface area contributed by atoms with E-state index in [1.165, 1.54) is 0 Å². The standard InChI is InChI=1S/C29H35N3O5/c1-21-23(12-9-13-25(21)22-10-3-2-4-11-22)20-37-29-30-18-24(27(31-29)36-17-8-7-16-33)19-32-15-6-5-14-26(32)28(34)35/h2-4,9-13,18,26,33H,5-8,14-17,19-20H2,1H3,(H,34,35)/t26-/m0/s1. The highest BCUT2D eigenvalue weighted by molar-refractivity contribution is 5.73. The van der Waals surface area contributed by atoms with Crippen LogP contribution in [0.25, 0.3) is 11.1 Å². The van der Waals surface area contributed by atoms with E-state index in [0.717, 1.165) is 40.7 Å². The SMILES string of the molecule is Cc1c(COc2ncc(CN3CCCC[C@H]3C(=O)O)c(OCCCCO)n2)cccc1-c1ccccc1. The van der Waals surface area contributed by atoms with Crippen LogP contribution in [0.15, 0.2) is 54.7 Å². The van der Waals surface area contributed by atoms with Crippen molar-refractivity contribution in [1.29, 1.82) is 0 Å². The molecule has 0 spiro atoms. The van der Waals surface area contributed by atoms with Crippen LogP contribution in [0, 0.1) is 6.92 Å². The maximum Gasteiger partial charge on any atom is 0.320 e. The van der Waals surface area contributed by atoms with Crippen molar-refractivity contribution in [2.24, 2.45) is 0 Å². The molecule has 2 heterocycles. The van der Waals surface area contributed by atoms with E-state index in [9.17, 15) is 9.90 Å². The third-order valence-electron chi connectivity index (χ3n) is 6.75. The summed E-state index contributed by atoms with van der Waals surface area (Å²) in [5.74, 6) is -0.411. The second kappa shape index (κ2) is 13.2. The van der Waals surface area contributed by atoms with Gasteiger partial charge in [0.1, 0.15) is 12.6 Å². The molecule has 0 amide bonds. The molecule has 1 saturated heterocycles. The van der Waals surface area contributed by atoms with Crippen molar-refractivity contribution >= 4 is 5.97 Å². The second-order valence-corrected chi connectivity index (χ2v) is 9.33. The Hall–Kier alpha value is -3.49. The summed E-state index contributed by atoms with van der Waals surface area (Å²) >= 11 is 0. The molecule has 0 radical (unpaired) electrons. The highest BCUT2D eigenvalue weighted by Crippen LogP contribution is 2.28. The molecular weight excluding hydrogens is 470 g/mol. The topological polar surface area (TPSA) is 105 Å². The van der Waals surface area contributed by atoms with E-state index < -0.39 is 12.0 Å². The van der Waals surface area contributed by atoms with Crippen LogP contribution >= 0.6 is 0 Å². The molecule has 0 saturated carbocycles. The monoisotopic (exact) mass is 505 g/mol. The maximum atomic E-state index is 11.8. The van der Waals surface area contributed by atoms with Crippen molar-refractivity contribution in [3.8, 4) is 23.0 Å². The Morgan fingerprint density at radius 1 is 1.05 bits per heavy atom. The number of likely N-dealkylation sites (tertiary alicyclic amines) is 1. The van der Waals surface area contributed by atoms with Gasteiger partial charge in [0.15, 0.2) is 0 Å². The Kier molecular flexibility index (Phi) is 9.46. The maximum absolute atomic E-state index is 11.8. The summed E-state index contributed by atoms with van der Waals surface area (Å²) in [5.41, 5.74) is 5.21. The molecule has 37 heavy (non-hydrogen) atoms. The Morgan fingerprint density at radius 2 is 1.89 bits per heavy atom. The van der Waals surface area contributed by atoms with Crippen LogP contribution < -0.4 is 9.47 Å². The zero-order valence-electron chi connectivity index (χ0n) is 21.3. The number of carboxylic acids is 1. The van der Waals surface area contributed by atoms with Crippen LogP contribution in [-0.2, 0) is 17.9 Å². The van der Waals surface area contributed by atoms with E-state index in [1.807, 2.05) is 35.2 Å². The molecule has 4 rings (SSSR count). The quantitative estimate of drug-likeness (QED) is 0.344. The van der Waals surface area contributed by atoms with Crippen molar-refractivity contribution in [2.45, 2.75) is 58.2 Å². The zero-order valence-corrected chi connectivity index (χ0v) is 21.3. The molecule has 1 atom stereocenters. The number of rotatable bonds is 12. The Bertz CT molecular complexity index is 1170. The Labute approximate surface area is 217 Å². The van der Waals surface area contributed by atoms with Gasteiger partial charge < -0.3 is 19.7 Å². The third-order valence-corrected chi connectivity index (χ3v) is 6.75. The largest absolute Gasteiger partial charge is 0.480 e. The summed E-state index contributed by atoms with van der Waals surface area (Å²) in [5, 5.41) is 18.7. The van der Waals surface area contributed by atoms with Crippen molar-refractivity contribution in [3.63, 3.8) is 0 Å². The number of piperidine rings is 1. The van der Waals surface area contributed by atoms with Crippen molar-refractivity contribution in [2.75, 3.05) is 19.8 Å². The number of benzene rings is 2. The molecule has 0 aliphatic carbocycles. The first kappa shape index (κ1) is 26.6. The minimum Gasteiger partial charge on any atom is -0.480 e. The lowest BCUT2D eigenvalue weighted by Crippen LogP contribution is -2.44. The van der Waals surface area contributed by atoms with Gasteiger partial charge in [-0.1, -0.05) is 55.0 Å². The molecule has 8 nitrogen and oxygen atoms in total. The van der Waals surface area contributed by atoms with Gasteiger partial charge in [-0.2, -0.15) is 4.98 Å². The van der Waals surface area contributed by atoms with E-state index in [-0.39, 0.29) is 12.6 Å². The molecule has 3 aromatic rings. The van der Waals surface area contributed by atoms with E-state index in [4.69, 9.17) is 14.6 Å². The minimum absolute atomic E-state index is 0.101. The van der Waals surface area contributed by atoms with Crippen molar-refractivity contribution in [1.82, 2.24) is 14.9 Å². The van der Waals surface area contributed by atoms with Gasteiger partial charge in [0.2, 0.25) is 5.88 Å². The molecule has 0 unspecified atom stereocenters. The average Bonchev–Trinajstić information content (AvgIpc) is 2.92. The predicted molar refractivity (Wildman–Crippen MR) is 140 cm³/mol. The number of nitrogens with zero attached hydrogens (tertiary/aromatic N) is 3. The normalized spacial score (nSPS) is 15.9. The lowest BCUT2D eigenvalue weighted by Gasteiger charge is -2.32. The molecule has 196 valence electrons. The predicted octanol–water partition coefficient (Wildman–Crippen LogP) is 4.62. The number of carboxylic acid groups (broad SMARTS) is 1. The minimum atomic E-state index is -0.806. The van der Waals surface area contributed by atoms with Crippen LogP contribution in [0.5, 0.6) is 11.9 Å². The van der Waals surface area contributed by atoms with Crippen molar-refractivity contribution < 1.29 is 24.5 Å². The fourth-order valence-corrected chi connectivity index (χ4v) is 4.65. The van der Waals surface area contributed by atoms with E-state index >= 15 is 0 Å². The van der Waals surface area contributed by atoms with Gasteiger partial charge in [0.25, 0.3) is 0 Å². The van der Waals surface area contributed by atoms with Gasteiger partial charge in [-0.15, -0.1) is 0 Å². The second-order valence-electron chi connectivity index (χ2n) is 9.33. The lowest BCUT2D eigenvalue weighted by molar-refractivity contribution is -0.144. The fraction of sp³-hybridized carbons (Fsp3) is 0.414. The van der Waals surface area contributed by atoms with Gasteiger partial charge >= 0.3 is 12.0 Å². The van der Waals surface area contributed by atoms with Crippen molar-refractivity contribution in [3.05, 3.63) is 71.4 Å². The molecular formula is C29H35N3O5. The number of ether oxygens (including phenoxy) is 2. The van der Waals surface area contributed by atoms with Crippen LogP contribution in [0.4, 0.5) is 0 Å². The number of hydrogen-bond acceptors (Lipinski definition) is 7. The van der Waals surface area contributed by atoms with Crippen LogP contribution in [0.2, 0.25) is 0 Å². The molecule has 2 N–H and O–H groups in total. The zero-order chi connectivity index (χ0) is 26.0. The Morgan fingerprint density at radius 3 is 2.68 bits per heavy atom. The van der Waals surface area contributed by atoms with E-state index in [0.29, 0.717) is 51.4 Å². The van der Waals surface area contributed by atoms with E-state index in [1.54, 1.807) is 6.20 Å². The van der Waals surface area contributed by atoms with Gasteiger partial charge in [0.05, 0.1) is 6.61 Å². The number of carbonyl (C=O) groups is 1. The number of unbranched alkanes of at least 4 members (excludes halogenated alkanes) is 1. The molecule has 1 aliphatic heterocycles. The molecule has 1 aliphatic rings.